The highest BCUT2D eigenvalue weighted by molar-refractivity contribution is 5.80. The molecule has 2 nitrogen and oxygen atoms in total. The van der Waals surface area contributed by atoms with Gasteiger partial charge in [-0.25, -0.2) is 0 Å². The molecule has 1 aliphatic rings. The van der Waals surface area contributed by atoms with Crippen LogP contribution >= 0.6 is 0 Å². The van der Waals surface area contributed by atoms with E-state index in [1.807, 2.05) is 13.8 Å². The Kier molecular flexibility index (Phi) is 3.27. The monoisotopic (exact) mass is 170 g/mol. The molecule has 0 radical (unpaired) electrons. The molecule has 0 heterocycles. The van der Waals surface area contributed by atoms with Gasteiger partial charge < -0.3 is 5.11 Å². The van der Waals surface area contributed by atoms with Gasteiger partial charge in [0.25, 0.3) is 0 Å². The Hall–Kier alpha value is -0.370. The first kappa shape index (κ1) is 9.72. The van der Waals surface area contributed by atoms with Crippen molar-refractivity contribution in [2.75, 3.05) is 0 Å². The van der Waals surface area contributed by atoms with E-state index in [4.69, 9.17) is 0 Å². The zero-order valence-electron chi connectivity index (χ0n) is 7.92. The van der Waals surface area contributed by atoms with Gasteiger partial charge in [0.1, 0.15) is 5.78 Å². The van der Waals surface area contributed by atoms with Crippen molar-refractivity contribution in [3.05, 3.63) is 0 Å². The molecule has 1 fully saturated rings. The van der Waals surface area contributed by atoms with Gasteiger partial charge in [0, 0.05) is 12.3 Å². The Morgan fingerprint density at radius 3 is 2.67 bits per heavy atom. The van der Waals surface area contributed by atoms with E-state index < -0.39 is 0 Å². The molecule has 1 aliphatic carbocycles. The van der Waals surface area contributed by atoms with Crippen LogP contribution < -0.4 is 0 Å². The largest absolute Gasteiger partial charge is 0.393 e. The second kappa shape index (κ2) is 4.04. The van der Waals surface area contributed by atoms with Crippen LogP contribution in [0, 0.1) is 11.8 Å². The van der Waals surface area contributed by atoms with Gasteiger partial charge >= 0.3 is 0 Å². The molecule has 3 atom stereocenters. The molecular formula is C10H18O2. The summed E-state index contributed by atoms with van der Waals surface area (Å²) in [5, 5.41) is 9.55. The lowest BCUT2D eigenvalue weighted by Crippen LogP contribution is -2.26. The van der Waals surface area contributed by atoms with E-state index in [9.17, 15) is 9.90 Å². The maximum atomic E-state index is 11.3. The summed E-state index contributed by atoms with van der Waals surface area (Å²) >= 11 is 0. The van der Waals surface area contributed by atoms with Gasteiger partial charge in [0.15, 0.2) is 0 Å². The molecule has 0 amide bonds. The molecule has 70 valence electrons. The van der Waals surface area contributed by atoms with Gasteiger partial charge in [-0.15, -0.1) is 0 Å². The van der Waals surface area contributed by atoms with E-state index >= 15 is 0 Å². The highest BCUT2D eigenvalue weighted by Gasteiger charge is 2.32. The lowest BCUT2D eigenvalue weighted by Gasteiger charge is -2.20. The molecule has 2 heteroatoms. The molecule has 0 saturated heterocycles. The zero-order chi connectivity index (χ0) is 9.14. The fraction of sp³-hybridized carbons (Fsp3) is 0.900. The van der Waals surface area contributed by atoms with E-state index in [2.05, 4.69) is 0 Å². The Balaban J connectivity index is 2.51. The number of Topliss-reactive ketones (excluding diaryl/α,β-unsaturated/α-hetero) is 1. The SMILES string of the molecule is CCC(=O)C(C)C1CCCC1O. The van der Waals surface area contributed by atoms with E-state index in [0.29, 0.717) is 12.2 Å². The van der Waals surface area contributed by atoms with Crippen LogP contribution in [0.1, 0.15) is 39.5 Å². The molecular weight excluding hydrogens is 152 g/mol. The molecule has 0 aromatic carbocycles. The van der Waals surface area contributed by atoms with Gasteiger partial charge in [0.05, 0.1) is 6.10 Å². The Morgan fingerprint density at radius 1 is 1.58 bits per heavy atom. The van der Waals surface area contributed by atoms with Gasteiger partial charge in [-0.3, -0.25) is 4.79 Å². The molecule has 0 bridgehead atoms. The second-order valence-electron chi connectivity index (χ2n) is 3.77. The van der Waals surface area contributed by atoms with E-state index in [0.717, 1.165) is 19.3 Å². The molecule has 1 saturated carbocycles. The van der Waals surface area contributed by atoms with Crippen molar-refractivity contribution in [2.45, 2.75) is 45.6 Å². The smallest absolute Gasteiger partial charge is 0.135 e. The Morgan fingerprint density at radius 2 is 2.25 bits per heavy atom. The lowest BCUT2D eigenvalue weighted by atomic mass is 9.87. The van der Waals surface area contributed by atoms with Gasteiger partial charge in [-0.1, -0.05) is 20.3 Å². The van der Waals surface area contributed by atoms with Crippen molar-refractivity contribution >= 4 is 5.78 Å². The molecule has 0 aromatic rings. The topological polar surface area (TPSA) is 37.3 Å². The van der Waals surface area contributed by atoms with Gasteiger partial charge in [-0.05, 0) is 18.8 Å². The first-order valence-corrected chi connectivity index (χ1v) is 4.87. The highest BCUT2D eigenvalue weighted by atomic mass is 16.3. The van der Waals surface area contributed by atoms with Crippen molar-refractivity contribution in [2.24, 2.45) is 11.8 Å². The summed E-state index contributed by atoms with van der Waals surface area (Å²) in [6.07, 6.45) is 3.35. The van der Waals surface area contributed by atoms with Crippen molar-refractivity contribution in [1.29, 1.82) is 0 Å². The van der Waals surface area contributed by atoms with Crippen LogP contribution in [0.4, 0.5) is 0 Å². The summed E-state index contributed by atoms with van der Waals surface area (Å²) in [5.41, 5.74) is 0. The average molecular weight is 170 g/mol. The quantitative estimate of drug-likeness (QED) is 0.700. The van der Waals surface area contributed by atoms with Crippen molar-refractivity contribution in [3.63, 3.8) is 0 Å². The number of ketones is 1. The Labute approximate surface area is 74.0 Å². The number of aliphatic hydroxyl groups is 1. The van der Waals surface area contributed by atoms with Crippen molar-refractivity contribution in [3.8, 4) is 0 Å². The minimum atomic E-state index is -0.226. The van der Waals surface area contributed by atoms with E-state index in [-0.39, 0.29) is 17.9 Å². The normalized spacial score (nSPS) is 31.9. The summed E-state index contributed by atoms with van der Waals surface area (Å²) in [6, 6.07) is 0. The van der Waals surface area contributed by atoms with E-state index in [1.165, 1.54) is 0 Å². The van der Waals surface area contributed by atoms with Crippen LogP contribution in [0.25, 0.3) is 0 Å². The third kappa shape index (κ3) is 1.86. The number of rotatable bonds is 3. The van der Waals surface area contributed by atoms with E-state index in [1.54, 1.807) is 0 Å². The minimum absolute atomic E-state index is 0.0625. The molecule has 0 aliphatic heterocycles. The first-order chi connectivity index (χ1) is 5.66. The second-order valence-corrected chi connectivity index (χ2v) is 3.77. The third-order valence-electron chi connectivity index (χ3n) is 3.03. The summed E-state index contributed by atoms with van der Waals surface area (Å²) in [7, 11) is 0. The zero-order valence-corrected chi connectivity index (χ0v) is 7.92. The molecule has 1 N–H and O–H groups in total. The van der Waals surface area contributed by atoms with Gasteiger partial charge in [-0.2, -0.15) is 0 Å². The molecule has 0 aromatic heterocycles. The summed E-state index contributed by atoms with van der Waals surface area (Å²) in [5.74, 6) is 0.589. The summed E-state index contributed by atoms with van der Waals surface area (Å²) in [6.45, 7) is 3.84. The highest BCUT2D eigenvalue weighted by Crippen LogP contribution is 2.32. The lowest BCUT2D eigenvalue weighted by molar-refractivity contribution is -0.124. The predicted molar refractivity (Wildman–Crippen MR) is 47.8 cm³/mol. The minimum Gasteiger partial charge on any atom is -0.393 e. The number of aliphatic hydroxyl groups excluding tert-OH is 1. The third-order valence-corrected chi connectivity index (χ3v) is 3.03. The van der Waals surface area contributed by atoms with Crippen LogP contribution in [-0.2, 0) is 4.79 Å². The number of hydrogen-bond acceptors (Lipinski definition) is 2. The van der Waals surface area contributed by atoms with Crippen molar-refractivity contribution in [1.82, 2.24) is 0 Å². The van der Waals surface area contributed by atoms with Crippen molar-refractivity contribution < 1.29 is 9.90 Å². The number of carbonyl (C=O) groups excluding carboxylic acids is 1. The standard InChI is InChI=1S/C10H18O2/c1-3-9(11)7(2)8-5-4-6-10(8)12/h7-8,10,12H,3-6H2,1-2H3. The molecule has 0 spiro atoms. The first-order valence-electron chi connectivity index (χ1n) is 4.87. The molecule has 3 unspecified atom stereocenters. The summed E-state index contributed by atoms with van der Waals surface area (Å²) in [4.78, 5) is 11.3. The Bertz CT molecular complexity index is 165. The fourth-order valence-electron chi connectivity index (χ4n) is 2.11. The maximum absolute atomic E-state index is 11.3. The number of carbonyl (C=O) groups is 1. The van der Waals surface area contributed by atoms with Crippen LogP contribution in [0.5, 0.6) is 0 Å². The van der Waals surface area contributed by atoms with Crippen LogP contribution in [0.15, 0.2) is 0 Å². The van der Waals surface area contributed by atoms with Crippen LogP contribution in [0.3, 0.4) is 0 Å². The number of hydrogen-bond donors (Lipinski definition) is 1. The average Bonchev–Trinajstić information content (AvgIpc) is 2.48. The van der Waals surface area contributed by atoms with Gasteiger partial charge in [0.2, 0.25) is 0 Å². The predicted octanol–water partition coefficient (Wildman–Crippen LogP) is 1.76. The maximum Gasteiger partial charge on any atom is 0.135 e. The van der Waals surface area contributed by atoms with Crippen LogP contribution in [0.2, 0.25) is 0 Å². The van der Waals surface area contributed by atoms with Crippen LogP contribution in [-0.4, -0.2) is 17.0 Å². The summed E-state index contributed by atoms with van der Waals surface area (Å²) < 4.78 is 0. The molecule has 1 rings (SSSR count). The fourth-order valence-corrected chi connectivity index (χ4v) is 2.11. The molecule has 12 heavy (non-hydrogen) atoms.